The van der Waals surface area contributed by atoms with Crippen molar-refractivity contribution >= 4 is 24.1 Å². The highest BCUT2D eigenvalue weighted by molar-refractivity contribution is 5.71. The van der Waals surface area contributed by atoms with Crippen molar-refractivity contribution in [2.24, 2.45) is 0 Å². The first-order valence-corrected chi connectivity index (χ1v) is 14.2. The Balaban J connectivity index is 1.67. The standard InChI is InChI=1S/C32H44O7/c1-3-36-31(34)13-9-5-7-11-21-38-29-19-17-26(18-20-29)15-16-27-23-28(33)25-30(24-27)39-22-12-8-6-10-14-32(35)37-4-2/h15-20,23-25,33H,3-14,21-22H2,1-2H3/b16-15+. The Hall–Kier alpha value is -3.48. The van der Waals surface area contributed by atoms with Crippen LogP contribution in [-0.4, -0.2) is 43.5 Å². The number of hydrogen-bond donors (Lipinski definition) is 1. The zero-order valence-corrected chi connectivity index (χ0v) is 23.5. The first-order valence-electron chi connectivity index (χ1n) is 14.2. The Bertz CT molecular complexity index is 998. The number of aromatic hydroxyl groups is 1. The molecule has 0 unspecified atom stereocenters. The van der Waals surface area contributed by atoms with Crippen LogP contribution in [-0.2, 0) is 19.1 Å². The number of ether oxygens (including phenoxy) is 4. The first kappa shape index (κ1) is 31.7. The van der Waals surface area contributed by atoms with Gasteiger partial charge in [0, 0.05) is 18.9 Å². The molecule has 2 aromatic rings. The van der Waals surface area contributed by atoms with E-state index in [1.807, 2.05) is 56.3 Å². The van der Waals surface area contributed by atoms with E-state index in [4.69, 9.17) is 18.9 Å². The number of hydrogen-bond acceptors (Lipinski definition) is 7. The highest BCUT2D eigenvalue weighted by atomic mass is 16.5. The molecule has 0 aromatic heterocycles. The molecule has 0 bridgehead atoms. The third-order valence-electron chi connectivity index (χ3n) is 5.96. The minimum absolute atomic E-state index is 0.118. The third-order valence-corrected chi connectivity index (χ3v) is 5.96. The van der Waals surface area contributed by atoms with Gasteiger partial charge in [0.1, 0.15) is 17.2 Å². The Kier molecular flexibility index (Phi) is 15.9. The maximum Gasteiger partial charge on any atom is 0.305 e. The zero-order chi connectivity index (χ0) is 28.1. The fourth-order valence-electron chi connectivity index (χ4n) is 3.95. The van der Waals surface area contributed by atoms with Crippen molar-refractivity contribution in [3.63, 3.8) is 0 Å². The Labute approximate surface area is 233 Å². The lowest BCUT2D eigenvalue weighted by molar-refractivity contribution is -0.144. The maximum absolute atomic E-state index is 11.4. The molecule has 0 saturated carbocycles. The second kappa shape index (κ2) is 19.6. The smallest absolute Gasteiger partial charge is 0.305 e. The molecule has 2 rings (SSSR count). The number of phenols is 1. The molecule has 7 heteroatoms. The molecular formula is C32H44O7. The summed E-state index contributed by atoms with van der Waals surface area (Å²) >= 11 is 0. The Morgan fingerprint density at radius 1 is 0.641 bits per heavy atom. The molecule has 0 spiro atoms. The molecule has 0 radical (unpaired) electrons. The van der Waals surface area contributed by atoms with Gasteiger partial charge < -0.3 is 24.1 Å². The van der Waals surface area contributed by atoms with Crippen LogP contribution in [0.5, 0.6) is 17.2 Å². The normalized spacial score (nSPS) is 10.9. The molecule has 0 aliphatic heterocycles. The van der Waals surface area contributed by atoms with Gasteiger partial charge in [-0.3, -0.25) is 9.59 Å². The van der Waals surface area contributed by atoms with Gasteiger partial charge in [0.2, 0.25) is 0 Å². The number of unbranched alkanes of at least 4 members (excludes halogenated alkanes) is 6. The van der Waals surface area contributed by atoms with E-state index in [1.165, 1.54) is 0 Å². The summed E-state index contributed by atoms with van der Waals surface area (Å²) in [5.41, 5.74) is 1.87. The highest BCUT2D eigenvalue weighted by Crippen LogP contribution is 2.24. The van der Waals surface area contributed by atoms with E-state index in [9.17, 15) is 14.7 Å². The second-order valence-corrected chi connectivity index (χ2v) is 9.30. The van der Waals surface area contributed by atoms with Gasteiger partial charge >= 0.3 is 11.9 Å². The van der Waals surface area contributed by atoms with E-state index in [2.05, 4.69) is 0 Å². The van der Waals surface area contributed by atoms with Gasteiger partial charge in [0.15, 0.2) is 0 Å². The van der Waals surface area contributed by atoms with E-state index in [-0.39, 0.29) is 17.7 Å². The van der Waals surface area contributed by atoms with E-state index < -0.39 is 0 Å². The van der Waals surface area contributed by atoms with Gasteiger partial charge in [-0.2, -0.15) is 0 Å². The minimum Gasteiger partial charge on any atom is -0.508 e. The predicted molar refractivity (Wildman–Crippen MR) is 154 cm³/mol. The molecule has 2 aromatic carbocycles. The van der Waals surface area contributed by atoms with E-state index in [0.29, 0.717) is 45.0 Å². The van der Waals surface area contributed by atoms with Crippen LogP contribution in [0.25, 0.3) is 12.2 Å². The van der Waals surface area contributed by atoms with Crippen molar-refractivity contribution in [2.75, 3.05) is 26.4 Å². The number of esters is 2. The lowest BCUT2D eigenvalue weighted by atomic mass is 10.1. The molecule has 39 heavy (non-hydrogen) atoms. The van der Waals surface area contributed by atoms with Crippen LogP contribution in [0.1, 0.15) is 89.2 Å². The van der Waals surface area contributed by atoms with Gasteiger partial charge in [0.25, 0.3) is 0 Å². The number of phenolic OH excluding ortho intramolecular Hbond substituents is 1. The van der Waals surface area contributed by atoms with Crippen molar-refractivity contribution in [3.05, 3.63) is 53.6 Å². The summed E-state index contributed by atoms with van der Waals surface area (Å²) in [5.74, 6) is 1.36. The molecule has 1 N–H and O–H groups in total. The molecule has 0 aliphatic carbocycles. The summed E-state index contributed by atoms with van der Waals surface area (Å²) < 4.78 is 21.5. The van der Waals surface area contributed by atoms with Crippen LogP contribution in [0.3, 0.4) is 0 Å². The van der Waals surface area contributed by atoms with Gasteiger partial charge in [-0.15, -0.1) is 0 Å². The largest absolute Gasteiger partial charge is 0.508 e. The molecule has 0 amide bonds. The number of benzene rings is 2. The third kappa shape index (κ3) is 14.9. The summed E-state index contributed by atoms with van der Waals surface area (Å²) in [6.07, 6.45) is 12.3. The lowest BCUT2D eigenvalue weighted by Crippen LogP contribution is -2.03. The summed E-state index contributed by atoms with van der Waals surface area (Å²) in [4.78, 5) is 22.7. The van der Waals surface area contributed by atoms with Crippen LogP contribution < -0.4 is 9.47 Å². The molecule has 0 heterocycles. The van der Waals surface area contributed by atoms with E-state index in [0.717, 1.165) is 68.2 Å². The molecular weight excluding hydrogens is 496 g/mol. The van der Waals surface area contributed by atoms with Crippen molar-refractivity contribution < 1.29 is 33.6 Å². The average molecular weight is 541 g/mol. The van der Waals surface area contributed by atoms with Gasteiger partial charge in [-0.1, -0.05) is 50.0 Å². The summed E-state index contributed by atoms with van der Waals surface area (Å²) in [7, 11) is 0. The summed E-state index contributed by atoms with van der Waals surface area (Å²) in [6.45, 7) is 5.71. The van der Waals surface area contributed by atoms with Gasteiger partial charge in [-0.25, -0.2) is 0 Å². The molecule has 0 aliphatic rings. The topological polar surface area (TPSA) is 91.3 Å². The van der Waals surface area contributed by atoms with Gasteiger partial charge in [0.05, 0.1) is 26.4 Å². The van der Waals surface area contributed by atoms with Crippen molar-refractivity contribution in [2.45, 2.75) is 78.1 Å². The van der Waals surface area contributed by atoms with Crippen molar-refractivity contribution in [1.29, 1.82) is 0 Å². The summed E-state index contributed by atoms with van der Waals surface area (Å²) in [5, 5.41) is 10.1. The van der Waals surface area contributed by atoms with Crippen LogP contribution in [0.2, 0.25) is 0 Å². The average Bonchev–Trinajstić information content (AvgIpc) is 2.91. The molecule has 0 fully saturated rings. The van der Waals surface area contributed by atoms with Crippen LogP contribution >= 0.6 is 0 Å². The predicted octanol–water partition coefficient (Wildman–Crippen LogP) is 7.35. The molecule has 0 saturated heterocycles. The van der Waals surface area contributed by atoms with Crippen LogP contribution in [0.4, 0.5) is 0 Å². The van der Waals surface area contributed by atoms with Crippen molar-refractivity contribution in [3.8, 4) is 17.2 Å². The van der Waals surface area contributed by atoms with Crippen molar-refractivity contribution in [1.82, 2.24) is 0 Å². The minimum atomic E-state index is -0.134. The molecule has 7 nitrogen and oxygen atoms in total. The Morgan fingerprint density at radius 2 is 1.15 bits per heavy atom. The van der Waals surface area contributed by atoms with Crippen LogP contribution in [0, 0.1) is 0 Å². The monoisotopic (exact) mass is 540 g/mol. The fourth-order valence-corrected chi connectivity index (χ4v) is 3.95. The first-order chi connectivity index (χ1) is 19.0. The maximum atomic E-state index is 11.4. The number of carbonyl (C=O) groups excluding carboxylic acids is 2. The van der Waals surface area contributed by atoms with Crippen LogP contribution in [0.15, 0.2) is 42.5 Å². The quantitative estimate of drug-likeness (QED) is 0.107. The van der Waals surface area contributed by atoms with E-state index in [1.54, 1.807) is 12.1 Å². The van der Waals surface area contributed by atoms with E-state index >= 15 is 0 Å². The summed E-state index contributed by atoms with van der Waals surface area (Å²) in [6, 6.07) is 13.1. The highest BCUT2D eigenvalue weighted by Gasteiger charge is 2.03. The second-order valence-electron chi connectivity index (χ2n) is 9.30. The molecule has 0 atom stereocenters. The lowest BCUT2D eigenvalue weighted by Gasteiger charge is -2.08. The zero-order valence-electron chi connectivity index (χ0n) is 23.5. The SMILES string of the molecule is CCOC(=O)CCCCCCOc1ccc(/C=C/c2cc(O)cc(OCCCCCCC(=O)OCC)c2)cc1. The Morgan fingerprint density at radius 3 is 1.72 bits per heavy atom. The molecule has 214 valence electrons. The fraction of sp³-hybridized carbons (Fsp3) is 0.500. The van der Waals surface area contributed by atoms with Gasteiger partial charge in [-0.05, 0) is 74.9 Å². The number of carbonyl (C=O) groups is 2. The number of rotatable bonds is 20.